The number of nitrogens with zero attached hydrogens (tertiary/aromatic N) is 6. The van der Waals surface area contributed by atoms with Crippen LogP contribution in [0.2, 0.25) is 0 Å². The molecule has 0 saturated carbocycles. The minimum absolute atomic E-state index is 0. The zero-order valence-corrected chi connectivity index (χ0v) is 63.6. The van der Waals surface area contributed by atoms with Gasteiger partial charge in [0.05, 0.1) is 67.8 Å². The van der Waals surface area contributed by atoms with E-state index in [9.17, 15) is 39.0 Å². The van der Waals surface area contributed by atoms with Crippen LogP contribution in [0, 0.1) is 0 Å². The van der Waals surface area contributed by atoms with Gasteiger partial charge in [-0.25, -0.2) is 29.9 Å². The topological polar surface area (TPSA) is 426 Å². The Labute approximate surface area is 673 Å². The third-order valence-corrected chi connectivity index (χ3v) is 16.3. The first-order chi connectivity index (χ1) is 51.3. The number of nitrogens with one attached hydrogen (secondary N) is 4. The number of amides is 3. The maximum atomic E-state index is 12.7. The molecule has 9 aromatic carbocycles. The molecule has 16 N–H and O–H groups in total. The molecule has 0 bridgehead atoms. The summed E-state index contributed by atoms with van der Waals surface area (Å²) in [6, 6.07) is 54.1. The first-order valence-electron chi connectivity index (χ1n) is 32.8. The predicted octanol–water partition coefficient (Wildman–Crippen LogP) is 7.58. The second kappa shape index (κ2) is 42.8. The van der Waals surface area contributed by atoms with Crippen molar-refractivity contribution in [2.24, 2.45) is 22.9 Å². The second-order valence-electron chi connectivity index (χ2n) is 23.3. The minimum atomic E-state index is -0.626. The third-order valence-electron chi connectivity index (χ3n) is 16.1. The van der Waals surface area contributed by atoms with E-state index in [1.165, 1.54) is 32.1 Å². The average molecular weight is 1510 g/mol. The number of rotatable bonds is 26. The fourth-order valence-electron chi connectivity index (χ4n) is 11.0. The van der Waals surface area contributed by atoms with Crippen molar-refractivity contribution in [1.82, 2.24) is 35.2 Å². The number of Topliss-reactive ketones (excluding diaryl/α,β-unsaturated/α-hetero) is 2. The molecule has 0 fully saturated rings. The van der Waals surface area contributed by atoms with E-state index in [1.807, 2.05) is 85.9 Å². The Hall–Kier alpha value is -11.2. The molecule has 28 heteroatoms. The molecule has 0 radical (unpaired) electrons. The Morgan fingerprint density at radius 2 is 0.731 bits per heavy atom. The van der Waals surface area contributed by atoms with E-state index >= 15 is 0 Å². The summed E-state index contributed by atoms with van der Waals surface area (Å²) in [6.45, 7) is 1.56. The van der Waals surface area contributed by atoms with Gasteiger partial charge in [0.15, 0.2) is 11.6 Å². The zero-order chi connectivity index (χ0) is 76.2. The quantitative estimate of drug-likeness (QED) is 0.0108. The molecule has 554 valence electrons. The van der Waals surface area contributed by atoms with Gasteiger partial charge in [0, 0.05) is 77.6 Å². The second-order valence-corrected chi connectivity index (χ2v) is 23.7. The molecule has 3 heterocycles. The number of anilines is 4. The third kappa shape index (κ3) is 23.9. The number of hydrogen-bond donors (Lipinski definition) is 11. The SMILES string of the molecule is C.CN.CNCc1cc(C(N)=O)c2ncnc(NCc3cccc(CC(=O)c4ccc(OC)cc4)c3)c2c1.COc1ccc(C(=O)Cc2cccc(CNc3ncnc4c(C(N)=O)cc(CO)cc34)c2)cc1.COc1ccc(C(=O)Cl)cc1.NC(=O)c1cc(CO)cc2c(NCc3cccc(N)c3)ncnc12.[H-].[K+]. The van der Waals surface area contributed by atoms with E-state index in [0.717, 1.165) is 38.8 Å². The molecule has 0 atom stereocenters. The van der Waals surface area contributed by atoms with Crippen LogP contribution in [0.4, 0.5) is 23.1 Å². The minimum Gasteiger partial charge on any atom is -1.00 e. The molecule has 3 aromatic heterocycles. The van der Waals surface area contributed by atoms with Crippen LogP contribution in [0.1, 0.15) is 116 Å². The Balaban J connectivity index is 0.000000270. The number of aliphatic hydroxyl groups is 2. The number of hydrogen-bond acceptors (Lipinski definition) is 23. The number of halogens is 1. The number of ketones is 2. The van der Waals surface area contributed by atoms with E-state index in [1.54, 1.807) is 118 Å². The summed E-state index contributed by atoms with van der Waals surface area (Å²) < 4.78 is 15.2. The van der Waals surface area contributed by atoms with Gasteiger partial charge in [-0.1, -0.05) is 68.1 Å². The Kier molecular flexibility index (Phi) is 34.0. The standard InChI is InChI=1S/C27H27N5O3.C26H24N4O4.C17H17N5O2.C8H7ClO2.CH5N.CH4.K.H/c1-29-14-19-11-22(26(28)34)25-23(12-19)27(32-16-31-25)30-15-18-5-3-4-17(10-18)13-24(33)20-6-8-21(35-2)9-7-20;1-34-20-7-5-19(6-8-20)23(32)12-16-3-2-4-17(9-16)13-28-26-22-11-18(14-31)10-21(25(27)33)24(22)29-15-30-26;18-12-3-1-2-10(4-12)7-20-17-14-6-11(8-23)5-13(16(19)24)15(14)21-9-22-17;1-11-7-4-2-6(3-5-7)8(9)10;1-2;;;/h3-12,16,29H,13-15H2,1-2H3,(H2,28,34)(H,30,31,32);2-11,15,31H,12-14H2,1H3,(H2,27,33)(H,28,29,30);1-6,9,23H,7-8,18H2,(H2,19,24)(H,20,21,22);2-5H,1H3;2H2,1H3;1H4;;/q;;;;;;+1;-1. The Morgan fingerprint density at radius 1 is 0.417 bits per heavy atom. The largest absolute Gasteiger partial charge is 1.00 e. The van der Waals surface area contributed by atoms with Gasteiger partial charge in [-0.05, 0) is 192 Å². The van der Waals surface area contributed by atoms with Crippen molar-refractivity contribution < 1.29 is 106 Å². The van der Waals surface area contributed by atoms with Crippen molar-refractivity contribution in [3.05, 3.63) is 279 Å². The van der Waals surface area contributed by atoms with Crippen molar-refractivity contribution in [2.75, 3.05) is 57.1 Å². The fraction of sp³-hybridized carbons (Fsp3) is 0.175. The van der Waals surface area contributed by atoms with Gasteiger partial charge in [0.1, 0.15) is 53.7 Å². The number of benzene rings is 9. The van der Waals surface area contributed by atoms with Crippen molar-refractivity contribution >= 4 is 102 Å². The number of ether oxygens (including phenoxy) is 3. The van der Waals surface area contributed by atoms with Gasteiger partial charge in [0.2, 0.25) is 0 Å². The number of carbonyl (C=O) groups is 6. The van der Waals surface area contributed by atoms with Gasteiger partial charge < -0.3 is 75.8 Å². The molecule has 0 unspecified atom stereocenters. The summed E-state index contributed by atoms with van der Waals surface area (Å²) in [5, 5.41) is 33.4. The molecule has 12 rings (SSSR count). The van der Waals surface area contributed by atoms with E-state index < -0.39 is 23.0 Å². The monoisotopic (exact) mass is 1510 g/mol. The van der Waals surface area contributed by atoms with E-state index in [0.29, 0.717) is 134 Å². The maximum Gasteiger partial charge on any atom is 1.00 e. The van der Waals surface area contributed by atoms with Crippen molar-refractivity contribution in [2.45, 2.75) is 59.7 Å². The Morgan fingerprint density at radius 3 is 1.05 bits per heavy atom. The molecular weight excluding hydrogens is 1420 g/mol. The first kappa shape index (κ1) is 85.7. The summed E-state index contributed by atoms with van der Waals surface area (Å²) >= 11 is 5.22. The smallest absolute Gasteiger partial charge is 1.00 e. The molecular formula is C80H85ClKN15O11. The van der Waals surface area contributed by atoms with Crippen LogP contribution in [-0.4, -0.2) is 110 Å². The van der Waals surface area contributed by atoms with Crippen LogP contribution in [-0.2, 0) is 52.2 Å². The van der Waals surface area contributed by atoms with Crippen LogP contribution >= 0.6 is 11.6 Å². The molecule has 108 heavy (non-hydrogen) atoms. The number of fused-ring (bicyclic) bond motifs is 3. The summed E-state index contributed by atoms with van der Waals surface area (Å²) in [5.41, 5.74) is 38.2. The van der Waals surface area contributed by atoms with Crippen molar-refractivity contribution in [3.8, 4) is 17.2 Å². The van der Waals surface area contributed by atoms with Crippen LogP contribution in [0.15, 0.2) is 201 Å². The van der Waals surface area contributed by atoms with Crippen molar-refractivity contribution in [1.29, 1.82) is 0 Å². The summed E-state index contributed by atoms with van der Waals surface area (Å²) in [5.74, 6) is 2.11. The molecule has 12 aromatic rings. The predicted molar refractivity (Wildman–Crippen MR) is 418 cm³/mol. The van der Waals surface area contributed by atoms with Gasteiger partial charge in [-0.3, -0.25) is 28.8 Å². The van der Waals surface area contributed by atoms with Gasteiger partial charge >= 0.3 is 51.4 Å². The number of carbonyl (C=O) groups excluding carboxylic acids is 6. The molecule has 0 saturated heterocycles. The summed E-state index contributed by atoms with van der Waals surface area (Å²) in [7, 11) is 8.08. The van der Waals surface area contributed by atoms with Gasteiger partial charge in [0.25, 0.3) is 23.0 Å². The normalized spacial score (nSPS) is 10.3. The number of nitrogens with two attached hydrogens (primary N) is 5. The van der Waals surface area contributed by atoms with E-state index in [4.69, 9.17) is 48.7 Å². The fourth-order valence-corrected chi connectivity index (χ4v) is 11.1. The zero-order valence-electron chi connectivity index (χ0n) is 60.7. The Bertz CT molecular complexity index is 5090. The van der Waals surface area contributed by atoms with E-state index in [-0.39, 0.29) is 103 Å². The molecule has 0 spiro atoms. The van der Waals surface area contributed by atoms with Crippen LogP contribution < -0.4 is 116 Å². The number of aliphatic hydroxyl groups excluding tert-OH is 2. The molecule has 0 aliphatic carbocycles. The van der Waals surface area contributed by atoms with Gasteiger partial charge in [-0.15, -0.1) is 0 Å². The van der Waals surface area contributed by atoms with E-state index in [2.05, 4.69) is 56.9 Å². The van der Waals surface area contributed by atoms with Crippen LogP contribution in [0.5, 0.6) is 17.2 Å². The molecule has 0 aliphatic heterocycles. The number of aromatic nitrogens is 6. The number of nitrogen functional groups attached to an aromatic ring is 1. The molecule has 26 nitrogen and oxygen atoms in total. The maximum absolute atomic E-state index is 12.7. The number of methoxy groups -OCH3 is 3. The molecule has 0 aliphatic rings. The summed E-state index contributed by atoms with van der Waals surface area (Å²) in [4.78, 5) is 97.0. The van der Waals surface area contributed by atoms with Crippen molar-refractivity contribution in [3.63, 3.8) is 0 Å². The van der Waals surface area contributed by atoms with Crippen LogP contribution in [0.25, 0.3) is 32.7 Å². The number of primary amides is 3. The molecule has 3 amide bonds. The van der Waals surface area contributed by atoms with Crippen LogP contribution in [0.3, 0.4) is 0 Å². The van der Waals surface area contributed by atoms with Gasteiger partial charge in [-0.2, -0.15) is 0 Å². The average Bonchev–Trinajstić information content (AvgIpc) is 0.797. The summed E-state index contributed by atoms with van der Waals surface area (Å²) in [6.07, 6.45) is 4.72. The first-order valence-corrected chi connectivity index (χ1v) is 33.2.